The summed E-state index contributed by atoms with van der Waals surface area (Å²) in [6.45, 7) is 3.69. The van der Waals surface area contributed by atoms with Crippen molar-refractivity contribution in [3.05, 3.63) is 64.2 Å². The lowest BCUT2D eigenvalue weighted by molar-refractivity contribution is -0.139. The van der Waals surface area contributed by atoms with Gasteiger partial charge in [0.1, 0.15) is 0 Å². The maximum atomic E-state index is 12.5. The largest absolute Gasteiger partial charge is 0.374 e. The lowest BCUT2D eigenvalue weighted by Crippen LogP contribution is -2.45. The van der Waals surface area contributed by atoms with Crippen LogP contribution >= 0.6 is 11.6 Å². The van der Waals surface area contributed by atoms with Crippen LogP contribution < -0.4 is 15.5 Å². The maximum absolute atomic E-state index is 12.5. The number of carbonyl (C=O) groups excluding carboxylic acids is 2. The molecule has 2 heterocycles. The minimum atomic E-state index is -0.641. The van der Waals surface area contributed by atoms with Gasteiger partial charge < -0.3 is 15.5 Å². The normalized spacial score (nSPS) is 17.0. The summed E-state index contributed by atoms with van der Waals surface area (Å²) < 4.78 is 0. The van der Waals surface area contributed by atoms with E-state index in [4.69, 9.17) is 11.6 Å². The van der Waals surface area contributed by atoms with E-state index >= 15 is 0 Å². The Balaban J connectivity index is 1.40. The first kappa shape index (κ1) is 22.6. The van der Waals surface area contributed by atoms with Gasteiger partial charge in [0, 0.05) is 37.4 Å². The third-order valence-electron chi connectivity index (χ3n) is 6.51. The van der Waals surface area contributed by atoms with E-state index < -0.39 is 11.8 Å². The van der Waals surface area contributed by atoms with Crippen LogP contribution in [0, 0.1) is 0 Å². The van der Waals surface area contributed by atoms with Gasteiger partial charge in [0.2, 0.25) is 0 Å². The first-order chi connectivity index (χ1) is 15.5. The van der Waals surface area contributed by atoms with Crippen LogP contribution in [0.5, 0.6) is 0 Å². The van der Waals surface area contributed by atoms with Gasteiger partial charge in [-0.05, 0) is 61.2 Å². The lowest BCUT2D eigenvalue weighted by atomic mass is 9.98. The molecule has 32 heavy (non-hydrogen) atoms. The number of amides is 2. The fourth-order valence-corrected chi connectivity index (χ4v) is 4.85. The van der Waals surface area contributed by atoms with Crippen LogP contribution in [-0.4, -0.2) is 49.9 Å². The zero-order valence-electron chi connectivity index (χ0n) is 18.6. The van der Waals surface area contributed by atoms with Gasteiger partial charge in [-0.15, -0.1) is 0 Å². The molecule has 0 radical (unpaired) electrons. The molecule has 1 saturated heterocycles. The quantitative estimate of drug-likeness (QED) is 0.657. The van der Waals surface area contributed by atoms with Crippen LogP contribution in [-0.2, 0) is 22.6 Å². The Labute approximate surface area is 194 Å². The van der Waals surface area contributed by atoms with Crippen molar-refractivity contribution >= 4 is 29.1 Å². The number of nitrogens with one attached hydrogen (secondary N) is 2. The van der Waals surface area contributed by atoms with E-state index in [0.717, 1.165) is 44.5 Å². The third-order valence-corrected chi connectivity index (χ3v) is 6.88. The first-order valence-electron chi connectivity index (χ1n) is 11.4. The van der Waals surface area contributed by atoms with E-state index in [2.05, 4.69) is 45.7 Å². The monoisotopic (exact) mass is 454 g/mol. The molecule has 0 saturated carbocycles. The summed E-state index contributed by atoms with van der Waals surface area (Å²) in [7, 11) is 2.12. The third kappa shape index (κ3) is 5.25. The summed E-state index contributed by atoms with van der Waals surface area (Å²) in [5.41, 5.74) is 4.63. The van der Waals surface area contributed by atoms with Gasteiger partial charge in [0.15, 0.2) is 0 Å². The predicted octanol–water partition coefficient (Wildman–Crippen LogP) is 3.29. The second-order valence-electron chi connectivity index (χ2n) is 8.66. The molecule has 170 valence electrons. The zero-order chi connectivity index (χ0) is 22.5. The summed E-state index contributed by atoms with van der Waals surface area (Å²) >= 11 is 6.13. The molecule has 6 nitrogen and oxygen atoms in total. The summed E-state index contributed by atoms with van der Waals surface area (Å²) in [4.78, 5) is 29.6. The Morgan fingerprint density at radius 3 is 2.53 bits per heavy atom. The van der Waals surface area contributed by atoms with Gasteiger partial charge in [0.05, 0.1) is 6.04 Å². The van der Waals surface area contributed by atoms with Gasteiger partial charge in [-0.3, -0.25) is 14.5 Å². The molecule has 2 aromatic rings. The van der Waals surface area contributed by atoms with Crippen LogP contribution in [0.4, 0.5) is 5.69 Å². The maximum Gasteiger partial charge on any atom is 0.309 e. The van der Waals surface area contributed by atoms with E-state index in [9.17, 15) is 9.59 Å². The number of likely N-dealkylation sites (N-methyl/N-ethyl adjacent to an activating group) is 1. The van der Waals surface area contributed by atoms with E-state index in [0.29, 0.717) is 11.6 Å². The van der Waals surface area contributed by atoms with E-state index in [1.807, 2.05) is 18.2 Å². The molecule has 2 amide bonds. The predicted molar refractivity (Wildman–Crippen MR) is 128 cm³/mol. The molecule has 2 aliphatic heterocycles. The molecule has 1 atom stereocenters. The molecule has 0 spiro atoms. The fraction of sp³-hybridized carbons (Fsp3) is 0.440. The van der Waals surface area contributed by atoms with E-state index in [1.54, 1.807) is 6.07 Å². The number of hydrogen-bond acceptors (Lipinski definition) is 4. The second kappa shape index (κ2) is 10.4. The van der Waals surface area contributed by atoms with Crippen molar-refractivity contribution in [3.63, 3.8) is 0 Å². The van der Waals surface area contributed by atoms with Crippen molar-refractivity contribution in [2.24, 2.45) is 0 Å². The highest BCUT2D eigenvalue weighted by atomic mass is 35.5. The summed E-state index contributed by atoms with van der Waals surface area (Å²) in [5, 5.41) is 6.11. The SMILES string of the molecule is CN1CCc2cc([C@@H](CNC(=O)C(=O)NCc3ccccc3Cl)N3CCCCC3)ccc21. The number of hydrogen-bond donors (Lipinski definition) is 2. The number of halogens is 1. The molecule has 0 aliphatic carbocycles. The Kier molecular flexibility index (Phi) is 7.33. The molecular formula is C25H31ClN4O2. The fourth-order valence-electron chi connectivity index (χ4n) is 4.65. The number of nitrogens with zero attached hydrogens (tertiary/aromatic N) is 2. The van der Waals surface area contributed by atoms with E-state index in [-0.39, 0.29) is 12.6 Å². The first-order valence-corrected chi connectivity index (χ1v) is 11.8. The van der Waals surface area contributed by atoms with Gasteiger partial charge >= 0.3 is 11.8 Å². The smallest absolute Gasteiger partial charge is 0.309 e. The van der Waals surface area contributed by atoms with Gasteiger partial charge in [-0.1, -0.05) is 48.4 Å². The zero-order valence-corrected chi connectivity index (χ0v) is 19.3. The summed E-state index contributed by atoms with van der Waals surface area (Å²) in [6, 6.07) is 14.0. The molecular weight excluding hydrogens is 424 g/mol. The molecule has 0 unspecified atom stereocenters. The van der Waals surface area contributed by atoms with Crippen molar-refractivity contribution in [1.82, 2.24) is 15.5 Å². The molecule has 7 heteroatoms. The number of rotatable bonds is 6. The highest BCUT2D eigenvalue weighted by molar-refractivity contribution is 6.35. The number of likely N-dealkylation sites (tertiary alicyclic amines) is 1. The van der Waals surface area contributed by atoms with Gasteiger partial charge in [-0.2, -0.15) is 0 Å². The number of fused-ring (bicyclic) bond motifs is 1. The minimum absolute atomic E-state index is 0.0619. The van der Waals surface area contributed by atoms with E-state index in [1.165, 1.54) is 23.2 Å². The van der Waals surface area contributed by atoms with Crippen LogP contribution in [0.1, 0.15) is 42.0 Å². The summed E-state index contributed by atoms with van der Waals surface area (Å²) in [6.07, 6.45) is 4.62. The van der Waals surface area contributed by atoms with Crippen molar-refractivity contribution in [2.75, 3.05) is 38.1 Å². The minimum Gasteiger partial charge on any atom is -0.374 e. The molecule has 0 aromatic heterocycles. The number of benzene rings is 2. The second-order valence-corrected chi connectivity index (χ2v) is 9.06. The Hall–Kier alpha value is -2.57. The highest BCUT2D eigenvalue weighted by Gasteiger charge is 2.26. The van der Waals surface area contributed by atoms with Crippen molar-refractivity contribution < 1.29 is 9.59 Å². The van der Waals surface area contributed by atoms with Crippen molar-refractivity contribution in [2.45, 2.75) is 38.3 Å². The van der Waals surface area contributed by atoms with Crippen molar-refractivity contribution in [1.29, 1.82) is 0 Å². The number of piperidine rings is 1. The average Bonchev–Trinajstić information content (AvgIpc) is 3.19. The van der Waals surface area contributed by atoms with Crippen LogP contribution in [0.3, 0.4) is 0 Å². The van der Waals surface area contributed by atoms with Gasteiger partial charge in [-0.25, -0.2) is 0 Å². The van der Waals surface area contributed by atoms with Crippen LogP contribution in [0.15, 0.2) is 42.5 Å². The average molecular weight is 455 g/mol. The van der Waals surface area contributed by atoms with Crippen LogP contribution in [0.25, 0.3) is 0 Å². The molecule has 2 N–H and O–H groups in total. The van der Waals surface area contributed by atoms with Crippen LogP contribution in [0.2, 0.25) is 5.02 Å². The summed E-state index contributed by atoms with van der Waals surface area (Å²) in [5.74, 6) is -1.25. The standard InChI is InChI=1S/C25H31ClN4O2/c1-29-14-11-19-15-18(9-10-22(19)29)23(30-12-5-2-6-13-30)17-28-25(32)24(31)27-16-20-7-3-4-8-21(20)26/h3-4,7-10,15,23H,2,5-6,11-14,16-17H2,1H3,(H,27,31)(H,28,32)/t23-/m1/s1. The molecule has 1 fully saturated rings. The molecule has 4 rings (SSSR count). The Morgan fingerprint density at radius 2 is 1.75 bits per heavy atom. The number of carbonyl (C=O) groups is 2. The topological polar surface area (TPSA) is 64.7 Å². The highest BCUT2D eigenvalue weighted by Crippen LogP contribution is 2.32. The lowest BCUT2D eigenvalue weighted by Gasteiger charge is -2.35. The van der Waals surface area contributed by atoms with Gasteiger partial charge in [0.25, 0.3) is 0 Å². The van der Waals surface area contributed by atoms with Crippen molar-refractivity contribution in [3.8, 4) is 0 Å². The number of anilines is 1. The Morgan fingerprint density at radius 1 is 1.00 bits per heavy atom. The Bertz CT molecular complexity index is 974. The molecule has 2 aliphatic rings. The molecule has 2 aromatic carbocycles. The molecule has 0 bridgehead atoms.